The first-order valence-corrected chi connectivity index (χ1v) is 4.04. The summed E-state index contributed by atoms with van der Waals surface area (Å²) in [7, 11) is 0. The number of nitrogens with two attached hydrogens (primary N) is 1. The monoisotopic (exact) mass is 177 g/mol. The predicted octanol–water partition coefficient (Wildman–Crippen LogP) is 2.15. The van der Waals surface area contributed by atoms with E-state index in [0.717, 1.165) is 11.1 Å². The highest BCUT2D eigenvalue weighted by Gasteiger charge is 1.96. The molecule has 0 saturated carbocycles. The van der Waals surface area contributed by atoms with Gasteiger partial charge in [0.15, 0.2) is 5.78 Å². The number of ketones is 1. The molecule has 0 amide bonds. The predicted molar refractivity (Wildman–Crippen MR) is 55.6 cm³/mol. The molecule has 0 radical (unpaired) electrons. The van der Waals surface area contributed by atoms with E-state index >= 15 is 0 Å². The summed E-state index contributed by atoms with van der Waals surface area (Å²) >= 11 is 0. The number of hydrogen-bond donors (Lipinski definition) is 1. The minimum atomic E-state index is 0.0913. The molecule has 0 aromatic heterocycles. The second-order valence-corrected chi connectivity index (χ2v) is 2.46. The molecule has 1 rings (SSSR count). The Morgan fingerprint density at radius 1 is 1.31 bits per heavy atom. The second kappa shape index (κ2) is 6.14. The van der Waals surface area contributed by atoms with Crippen LogP contribution >= 0.6 is 0 Å². The molecular weight excluding hydrogens is 162 g/mol. The first-order chi connectivity index (χ1) is 6.24. The van der Waals surface area contributed by atoms with Crippen molar-refractivity contribution in [2.45, 2.75) is 13.5 Å². The van der Waals surface area contributed by atoms with E-state index in [4.69, 9.17) is 5.73 Å². The second-order valence-electron chi connectivity index (χ2n) is 2.46. The minimum absolute atomic E-state index is 0.0913. The molecule has 2 heteroatoms. The lowest BCUT2D eigenvalue weighted by Crippen LogP contribution is -1.97. The Hall–Kier alpha value is -1.41. The van der Waals surface area contributed by atoms with Gasteiger partial charge in [-0.15, -0.1) is 13.2 Å². The number of hydrogen-bond acceptors (Lipinski definition) is 2. The van der Waals surface area contributed by atoms with Crippen molar-refractivity contribution < 1.29 is 4.79 Å². The van der Waals surface area contributed by atoms with Gasteiger partial charge in [0.25, 0.3) is 0 Å². The fourth-order valence-electron chi connectivity index (χ4n) is 0.876. The van der Waals surface area contributed by atoms with Gasteiger partial charge >= 0.3 is 0 Å². The van der Waals surface area contributed by atoms with Gasteiger partial charge in [-0.2, -0.15) is 0 Å². The molecule has 0 spiro atoms. The Kier molecular flexibility index (Phi) is 5.48. The first-order valence-electron chi connectivity index (χ1n) is 4.04. The molecule has 0 aliphatic rings. The summed E-state index contributed by atoms with van der Waals surface area (Å²) in [6, 6.07) is 7.34. The van der Waals surface area contributed by atoms with Crippen molar-refractivity contribution >= 4 is 5.78 Å². The van der Waals surface area contributed by atoms with Crippen molar-refractivity contribution in [1.82, 2.24) is 0 Å². The highest BCUT2D eigenvalue weighted by molar-refractivity contribution is 5.93. The Morgan fingerprint density at radius 2 is 1.77 bits per heavy atom. The van der Waals surface area contributed by atoms with Crippen molar-refractivity contribution in [1.29, 1.82) is 0 Å². The number of carbonyl (C=O) groups excluding carboxylic acids is 1. The van der Waals surface area contributed by atoms with Gasteiger partial charge in [0.2, 0.25) is 0 Å². The van der Waals surface area contributed by atoms with E-state index in [1.165, 1.54) is 0 Å². The summed E-state index contributed by atoms with van der Waals surface area (Å²) in [5.41, 5.74) is 7.18. The van der Waals surface area contributed by atoms with E-state index in [9.17, 15) is 4.79 Å². The topological polar surface area (TPSA) is 43.1 Å². The van der Waals surface area contributed by atoms with Crippen LogP contribution < -0.4 is 5.73 Å². The lowest BCUT2D eigenvalue weighted by molar-refractivity contribution is 0.101. The van der Waals surface area contributed by atoms with E-state index in [1.54, 1.807) is 19.1 Å². The molecule has 1 aromatic rings. The van der Waals surface area contributed by atoms with Gasteiger partial charge in [-0.3, -0.25) is 4.79 Å². The van der Waals surface area contributed by atoms with Gasteiger partial charge in [-0.1, -0.05) is 24.3 Å². The molecular formula is C11H15NO. The summed E-state index contributed by atoms with van der Waals surface area (Å²) in [5, 5.41) is 0. The largest absolute Gasteiger partial charge is 0.326 e. The van der Waals surface area contributed by atoms with Crippen molar-refractivity contribution in [3.63, 3.8) is 0 Å². The van der Waals surface area contributed by atoms with Crippen molar-refractivity contribution in [3.8, 4) is 0 Å². The zero-order valence-electron chi connectivity index (χ0n) is 7.92. The van der Waals surface area contributed by atoms with E-state index < -0.39 is 0 Å². The Balaban J connectivity index is 0.000000671. The van der Waals surface area contributed by atoms with Gasteiger partial charge < -0.3 is 5.73 Å². The Morgan fingerprint density at radius 3 is 2.08 bits per heavy atom. The molecule has 0 bridgehead atoms. The standard InChI is InChI=1S/C9H11NO.C2H4/c1-7(11)9-4-2-8(6-10)3-5-9;1-2/h2-5H,6,10H2,1H3;1-2H2. The third-order valence-electron chi connectivity index (χ3n) is 1.60. The average Bonchev–Trinajstić information content (AvgIpc) is 2.21. The first kappa shape index (κ1) is 11.6. The normalized spacial score (nSPS) is 8.46. The summed E-state index contributed by atoms with van der Waals surface area (Å²) in [6.07, 6.45) is 0. The van der Waals surface area contributed by atoms with E-state index in [2.05, 4.69) is 13.2 Å². The Labute approximate surface area is 79.1 Å². The quantitative estimate of drug-likeness (QED) is 0.555. The smallest absolute Gasteiger partial charge is 0.159 e. The van der Waals surface area contributed by atoms with Gasteiger partial charge in [-0.25, -0.2) is 0 Å². The molecule has 0 aliphatic heterocycles. The lowest BCUT2D eigenvalue weighted by Gasteiger charge is -1.97. The molecule has 0 saturated heterocycles. The van der Waals surface area contributed by atoms with Gasteiger partial charge in [0.1, 0.15) is 0 Å². The van der Waals surface area contributed by atoms with Crippen LogP contribution in [-0.4, -0.2) is 5.78 Å². The van der Waals surface area contributed by atoms with Crippen LogP contribution in [0.2, 0.25) is 0 Å². The maximum atomic E-state index is 10.8. The molecule has 0 heterocycles. The highest BCUT2D eigenvalue weighted by atomic mass is 16.1. The third-order valence-corrected chi connectivity index (χ3v) is 1.60. The van der Waals surface area contributed by atoms with Crippen LogP contribution in [0.3, 0.4) is 0 Å². The zero-order valence-corrected chi connectivity index (χ0v) is 7.92. The third kappa shape index (κ3) is 3.67. The summed E-state index contributed by atoms with van der Waals surface area (Å²) < 4.78 is 0. The van der Waals surface area contributed by atoms with Crippen LogP contribution in [0.1, 0.15) is 22.8 Å². The van der Waals surface area contributed by atoms with Crippen molar-refractivity contribution in [2.75, 3.05) is 0 Å². The molecule has 0 fully saturated rings. The molecule has 0 unspecified atom stereocenters. The average molecular weight is 177 g/mol. The minimum Gasteiger partial charge on any atom is -0.326 e. The van der Waals surface area contributed by atoms with Crippen LogP contribution in [0, 0.1) is 0 Å². The van der Waals surface area contributed by atoms with Gasteiger partial charge in [-0.05, 0) is 12.5 Å². The lowest BCUT2D eigenvalue weighted by atomic mass is 10.1. The number of benzene rings is 1. The molecule has 1 aromatic carbocycles. The van der Waals surface area contributed by atoms with Crippen molar-refractivity contribution in [2.24, 2.45) is 5.73 Å². The summed E-state index contributed by atoms with van der Waals surface area (Å²) in [4.78, 5) is 10.8. The number of Topliss-reactive ketones (excluding diaryl/α,β-unsaturated/α-hetero) is 1. The van der Waals surface area contributed by atoms with Crippen LogP contribution in [0.4, 0.5) is 0 Å². The molecule has 70 valence electrons. The maximum Gasteiger partial charge on any atom is 0.159 e. The number of rotatable bonds is 2. The fourth-order valence-corrected chi connectivity index (χ4v) is 0.876. The maximum absolute atomic E-state index is 10.8. The van der Waals surface area contributed by atoms with E-state index in [1.807, 2.05) is 12.1 Å². The fraction of sp³-hybridized carbons (Fsp3) is 0.182. The van der Waals surface area contributed by atoms with Crippen LogP contribution in [0.5, 0.6) is 0 Å². The van der Waals surface area contributed by atoms with Gasteiger partial charge in [0, 0.05) is 12.1 Å². The van der Waals surface area contributed by atoms with E-state index in [-0.39, 0.29) is 5.78 Å². The molecule has 2 nitrogen and oxygen atoms in total. The highest BCUT2D eigenvalue weighted by Crippen LogP contribution is 2.03. The number of carbonyl (C=O) groups is 1. The van der Waals surface area contributed by atoms with Gasteiger partial charge in [0.05, 0.1) is 0 Å². The van der Waals surface area contributed by atoms with E-state index in [0.29, 0.717) is 6.54 Å². The van der Waals surface area contributed by atoms with Crippen LogP contribution in [-0.2, 0) is 6.54 Å². The zero-order chi connectivity index (χ0) is 10.3. The summed E-state index contributed by atoms with van der Waals surface area (Å²) in [5.74, 6) is 0.0913. The SMILES string of the molecule is C=C.CC(=O)c1ccc(CN)cc1. The van der Waals surface area contributed by atoms with Crippen molar-refractivity contribution in [3.05, 3.63) is 48.6 Å². The molecule has 13 heavy (non-hydrogen) atoms. The Bertz CT molecular complexity index is 264. The molecule has 2 N–H and O–H groups in total. The molecule has 0 aliphatic carbocycles. The summed E-state index contributed by atoms with van der Waals surface area (Å²) in [6.45, 7) is 8.08. The molecule has 0 atom stereocenters. The van der Waals surface area contributed by atoms with Crippen LogP contribution in [0.25, 0.3) is 0 Å². The van der Waals surface area contributed by atoms with Crippen LogP contribution in [0.15, 0.2) is 37.4 Å².